The van der Waals surface area contributed by atoms with Crippen LogP contribution in [0, 0.1) is 11.3 Å². The van der Waals surface area contributed by atoms with Crippen LogP contribution in [0.2, 0.25) is 0 Å². The van der Waals surface area contributed by atoms with E-state index in [1.807, 2.05) is 0 Å². The number of carbonyl (C=O) groups is 3. The average Bonchev–Trinajstić information content (AvgIpc) is 3.17. The van der Waals surface area contributed by atoms with E-state index in [0.717, 1.165) is 44.1 Å². The van der Waals surface area contributed by atoms with Crippen molar-refractivity contribution in [3.05, 3.63) is 71.3 Å². The Bertz CT molecular complexity index is 1540. The van der Waals surface area contributed by atoms with Gasteiger partial charge in [-0.25, -0.2) is 13.1 Å². The molecule has 306 valence electrons. The molecule has 1 aliphatic rings. The molecule has 55 heavy (non-hydrogen) atoms. The predicted molar refractivity (Wildman–Crippen MR) is 211 cm³/mol. The standard InChI is InChI=1S/C39H61N7O8S/c40-19-7-21-52-23-25-54-26-24-53-22-8-20-43-36(47)18-17-34(38(48)44-28-31-13-15-33(16-14-31)37(41)42)45-39(49)35(27-30-9-3-1-4-10-30)46-55(50,51)29-32-11-5-2-6-12-32/h2,5-6,11-16,30,34-35,46H,1,3-4,7-10,17-29,40H2,(H3,41,42)(H,43,47)(H,44,48)(H,45,49)/t34-,35+/m0/s1. The molecule has 0 heterocycles. The second-order valence-electron chi connectivity index (χ2n) is 13.8. The van der Waals surface area contributed by atoms with E-state index in [4.69, 9.17) is 31.1 Å². The summed E-state index contributed by atoms with van der Waals surface area (Å²) in [6.45, 7) is 3.94. The Hall–Kier alpha value is -3.93. The van der Waals surface area contributed by atoms with Gasteiger partial charge in [-0.3, -0.25) is 19.8 Å². The quantitative estimate of drug-likeness (QED) is 0.0377. The number of amides is 3. The van der Waals surface area contributed by atoms with Gasteiger partial charge in [-0.1, -0.05) is 86.7 Å². The number of rotatable bonds is 28. The van der Waals surface area contributed by atoms with Crippen LogP contribution in [0.4, 0.5) is 0 Å². The van der Waals surface area contributed by atoms with Crippen LogP contribution in [0.15, 0.2) is 54.6 Å². The maximum atomic E-state index is 13.9. The van der Waals surface area contributed by atoms with Crippen LogP contribution in [0.1, 0.15) is 80.9 Å². The average molecular weight is 788 g/mol. The van der Waals surface area contributed by atoms with Crippen molar-refractivity contribution in [2.75, 3.05) is 52.7 Å². The fourth-order valence-corrected chi connectivity index (χ4v) is 7.52. The van der Waals surface area contributed by atoms with Crippen LogP contribution in [0.5, 0.6) is 0 Å². The van der Waals surface area contributed by atoms with Crippen molar-refractivity contribution in [2.24, 2.45) is 17.4 Å². The minimum absolute atomic E-state index is 0.0105. The summed E-state index contributed by atoms with van der Waals surface area (Å²) in [5.74, 6) is -1.65. The molecule has 2 atom stereocenters. The maximum absolute atomic E-state index is 13.9. The summed E-state index contributed by atoms with van der Waals surface area (Å²) in [6, 6.07) is 13.3. The highest BCUT2D eigenvalue weighted by Crippen LogP contribution is 2.28. The number of ether oxygens (including phenoxy) is 3. The topological polar surface area (TPSA) is 237 Å². The van der Waals surface area contributed by atoms with Crippen LogP contribution in [-0.2, 0) is 50.9 Å². The van der Waals surface area contributed by atoms with Gasteiger partial charge in [0.25, 0.3) is 0 Å². The van der Waals surface area contributed by atoms with Gasteiger partial charge < -0.3 is 41.6 Å². The molecule has 0 radical (unpaired) electrons. The molecule has 16 heteroatoms. The normalized spacial score (nSPS) is 14.5. The van der Waals surface area contributed by atoms with Gasteiger partial charge in [0.2, 0.25) is 27.7 Å². The first-order chi connectivity index (χ1) is 26.6. The Morgan fingerprint density at radius 1 is 0.782 bits per heavy atom. The lowest BCUT2D eigenvalue weighted by Crippen LogP contribution is -2.54. The molecular weight excluding hydrogens is 727 g/mol. The van der Waals surface area contributed by atoms with Gasteiger partial charge >= 0.3 is 0 Å². The predicted octanol–water partition coefficient (Wildman–Crippen LogP) is 2.22. The SMILES string of the molecule is N=C(N)c1ccc(CNC(=O)[C@H](CCC(=O)NCCCOCCOCCOCCCN)NC(=O)[C@@H](CC2CCCCC2)NS(=O)(=O)Cc2ccccc2)cc1. The number of benzene rings is 2. The summed E-state index contributed by atoms with van der Waals surface area (Å²) in [5.41, 5.74) is 12.9. The molecule has 1 fully saturated rings. The molecule has 3 amide bonds. The highest BCUT2D eigenvalue weighted by molar-refractivity contribution is 7.88. The van der Waals surface area contributed by atoms with Crippen molar-refractivity contribution < 1.29 is 37.0 Å². The molecule has 15 nitrogen and oxygen atoms in total. The number of nitrogens with one attached hydrogen (secondary N) is 5. The Kier molecular flexibility index (Phi) is 21.5. The summed E-state index contributed by atoms with van der Waals surface area (Å²) in [4.78, 5) is 40.3. The summed E-state index contributed by atoms with van der Waals surface area (Å²) < 4.78 is 45.7. The first kappa shape index (κ1) is 45.5. The van der Waals surface area contributed by atoms with E-state index in [-0.39, 0.29) is 42.8 Å². The lowest BCUT2D eigenvalue weighted by atomic mass is 9.85. The first-order valence-corrected chi connectivity index (χ1v) is 21.0. The number of sulfonamides is 1. The van der Waals surface area contributed by atoms with E-state index >= 15 is 0 Å². The Balaban J connectivity index is 1.57. The Morgan fingerprint density at radius 3 is 2.05 bits per heavy atom. The van der Waals surface area contributed by atoms with E-state index in [0.29, 0.717) is 76.7 Å². The maximum Gasteiger partial charge on any atom is 0.242 e. The zero-order chi connectivity index (χ0) is 39.7. The largest absolute Gasteiger partial charge is 0.384 e. The van der Waals surface area contributed by atoms with E-state index < -0.39 is 33.9 Å². The summed E-state index contributed by atoms with van der Waals surface area (Å²) in [5, 5.41) is 16.0. The fourth-order valence-electron chi connectivity index (χ4n) is 6.17. The smallest absolute Gasteiger partial charge is 0.242 e. The highest BCUT2D eigenvalue weighted by atomic mass is 32.2. The molecule has 0 aliphatic heterocycles. The molecule has 3 rings (SSSR count). The molecule has 0 unspecified atom stereocenters. The lowest BCUT2D eigenvalue weighted by molar-refractivity contribution is -0.130. The number of hydrogen-bond acceptors (Lipinski definition) is 10. The van der Waals surface area contributed by atoms with E-state index in [9.17, 15) is 22.8 Å². The minimum Gasteiger partial charge on any atom is -0.384 e. The van der Waals surface area contributed by atoms with Crippen molar-refractivity contribution in [1.82, 2.24) is 20.7 Å². The van der Waals surface area contributed by atoms with E-state index in [2.05, 4.69) is 20.7 Å². The molecule has 2 aromatic rings. The Labute approximate surface area is 325 Å². The Morgan fingerprint density at radius 2 is 1.42 bits per heavy atom. The van der Waals surface area contributed by atoms with Gasteiger partial charge in [-0.05, 0) is 49.3 Å². The van der Waals surface area contributed by atoms with Gasteiger partial charge in [0.05, 0.1) is 32.2 Å². The van der Waals surface area contributed by atoms with Crippen molar-refractivity contribution in [3.8, 4) is 0 Å². The van der Waals surface area contributed by atoms with Crippen LogP contribution < -0.4 is 32.1 Å². The molecule has 1 aliphatic carbocycles. The van der Waals surface area contributed by atoms with Crippen molar-refractivity contribution in [1.29, 1.82) is 5.41 Å². The third-order valence-electron chi connectivity index (χ3n) is 9.18. The first-order valence-electron chi connectivity index (χ1n) is 19.3. The molecule has 0 bridgehead atoms. The number of nitrogens with two attached hydrogens (primary N) is 2. The molecular formula is C39H61N7O8S. The van der Waals surface area contributed by atoms with E-state index in [1.54, 1.807) is 54.6 Å². The van der Waals surface area contributed by atoms with Gasteiger partial charge in [-0.15, -0.1) is 0 Å². The number of nitrogen functional groups attached to an aromatic ring is 1. The zero-order valence-electron chi connectivity index (χ0n) is 31.9. The number of hydrogen-bond donors (Lipinski definition) is 7. The third-order valence-corrected chi connectivity index (χ3v) is 10.5. The molecule has 0 aromatic heterocycles. The van der Waals surface area contributed by atoms with Gasteiger partial charge in [-0.2, -0.15) is 0 Å². The monoisotopic (exact) mass is 787 g/mol. The van der Waals surface area contributed by atoms with Crippen molar-refractivity contribution in [2.45, 2.75) is 88.6 Å². The third kappa shape index (κ3) is 19.5. The minimum atomic E-state index is -3.92. The summed E-state index contributed by atoms with van der Waals surface area (Å²) in [7, 11) is -3.92. The molecule has 0 saturated heterocycles. The number of carbonyl (C=O) groups excluding carboxylic acids is 3. The second kappa shape index (κ2) is 26.0. The highest BCUT2D eigenvalue weighted by Gasteiger charge is 2.31. The van der Waals surface area contributed by atoms with Gasteiger partial charge in [0, 0.05) is 38.3 Å². The van der Waals surface area contributed by atoms with Crippen molar-refractivity contribution >= 4 is 33.6 Å². The second-order valence-corrected chi connectivity index (χ2v) is 15.5. The fraction of sp³-hybridized carbons (Fsp3) is 0.590. The van der Waals surface area contributed by atoms with Crippen LogP contribution in [0.25, 0.3) is 0 Å². The molecule has 2 aromatic carbocycles. The van der Waals surface area contributed by atoms with Crippen LogP contribution >= 0.6 is 0 Å². The van der Waals surface area contributed by atoms with Gasteiger partial charge in [0.1, 0.15) is 17.9 Å². The van der Waals surface area contributed by atoms with Crippen LogP contribution in [0.3, 0.4) is 0 Å². The molecule has 0 spiro atoms. The number of amidine groups is 1. The van der Waals surface area contributed by atoms with Gasteiger partial charge in [0.15, 0.2) is 0 Å². The zero-order valence-corrected chi connectivity index (χ0v) is 32.7. The molecule has 9 N–H and O–H groups in total. The summed E-state index contributed by atoms with van der Waals surface area (Å²) in [6.07, 6.45) is 6.52. The van der Waals surface area contributed by atoms with Crippen LogP contribution in [-0.4, -0.2) is 96.8 Å². The van der Waals surface area contributed by atoms with Crippen molar-refractivity contribution in [3.63, 3.8) is 0 Å². The van der Waals surface area contributed by atoms with E-state index in [1.165, 1.54) is 0 Å². The lowest BCUT2D eigenvalue weighted by Gasteiger charge is -2.28. The summed E-state index contributed by atoms with van der Waals surface area (Å²) >= 11 is 0. The molecule has 1 saturated carbocycles.